The fourth-order valence-corrected chi connectivity index (χ4v) is 8.09. The fourth-order valence-electron chi connectivity index (χ4n) is 8.09. The van der Waals surface area contributed by atoms with Crippen molar-refractivity contribution in [3.63, 3.8) is 0 Å². The van der Waals surface area contributed by atoms with Crippen LogP contribution in [0.5, 0.6) is 0 Å². The molecule has 2 heterocycles. The highest BCUT2D eigenvalue weighted by Gasteiger charge is 2.18. The van der Waals surface area contributed by atoms with Crippen molar-refractivity contribution in [1.29, 1.82) is 0 Å². The van der Waals surface area contributed by atoms with Crippen molar-refractivity contribution in [2.24, 2.45) is 0 Å². The molecule has 1 unspecified atom stereocenters. The molecule has 0 bridgehead atoms. The third-order valence-corrected chi connectivity index (χ3v) is 10.7. The molecule has 0 saturated carbocycles. The molecule has 10 rings (SSSR count). The average Bonchev–Trinajstić information content (AvgIpc) is 3.19. The summed E-state index contributed by atoms with van der Waals surface area (Å²) in [5, 5.41) is 9.68. The van der Waals surface area contributed by atoms with Crippen molar-refractivity contribution in [3.8, 4) is 44.6 Å². The Hall–Kier alpha value is -6.25. The highest BCUT2D eigenvalue weighted by molar-refractivity contribution is 6.16. The van der Waals surface area contributed by atoms with Crippen molar-refractivity contribution in [2.75, 3.05) is 5.32 Å². The zero-order valence-electron chi connectivity index (χ0n) is 28.5. The topological polar surface area (TPSA) is 24.9 Å². The van der Waals surface area contributed by atoms with Crippen LogP contribution in [-0.4, -0.2) is 11.0 Å². The number of aromatic nitrogens is 1. The number of nitrogens with zero attached hydrogens (tertiary/aromatic N) is 1. The fraction of sp³-hybridized carbons (Fsp3) is 0.0816. The van der Waals surface area contributed by atoms with Crippen LogP contribution in [0.25, 0.3) is 89.2 Å². The van der Waals surface area contributed by atoms with Crippen molar-refractivity contribution >= 4 is 50.3 Å². The van der Waals surface area contributed by atoms with Gasteiger partial charge in [-0.3, -0.25) is 0 Å². The summed E-state index contributed by atoms with van der Waals surface area (Å²) >= 11 is 0. The summed E-state index contributed by atoms with van der Waals surface area (Å²) < 4.78 is 0. The second-order valence-corrected chi connectivity index (χ2v) is 14.0. The third kappa shape index (κ3) is 5.14. The van der Waals surface area contributed by atoms with Gasteiger partial charge < -0.3 is 5.32 Å². The second kappa shape index (κ2) is 12.0. The van der Waals surface area contributed by atoms with Crippen LogP contribution in [0, 0.1) is 0 Å². The Morgan fingerprint density at radius 3 is 2.18 bits per heavy atom. The predicted octanol–water partition coefficient (Wildman–Crippen LogP) is 13.0. The standard InChI is InChI=1S/C49H36N2/c1-31-17-18-36-13-8-16-41(48(36)50-31)34-21-23-35(24-22-34)44-29-46-45(39-25-19-32-9-2-4-11-37(32)27-39)30-47(51-49(46)43-15-7-6-14-42(43)44)40-26-20-33-10-3-5-12-38(33)28-40/h3-8,10-31,50H,2,9H2,1H3. The first kappa shape index (κ1) is 29.6. The molecule has 1 aliphatic carbocycles. The summed E-state index contributed by atoms with van der Waals surface area (Å²) in [6, 6.07) is 51.7. The van der Waals surface area contributed by atoms with Gasteiger partial charge in [-0.1, -0.05) is 140 Å². The maximum atomic E-state index is 5.46. The molecule has 0 saturated heterocycles. The first-order valence-electron chi connectivity index (χ1n) is 18.0. The summed E-state index contributed by atoms with van der Waals surface area (Å²) in [6.45, 7) is 2.19. The minimum Gasteiger partial charge on any atom is -0.378 e. The smallest absolute Gasteiger partial charge is 0.0794 e. The largest absolute Gasteiger partial charge is 0.378 e. The molecular formula is C49H36N2. The van der Waals surface area contributed by atoms with E-state index in [4.69, 9.17) is 4.98 Å². The van der Waals surface area contributed by atoms with Gasteiger partial charge in [-0.05, 0) is 105 Å². The molecule has 1 aliphatic heterocycles. The number of hydrogen-bond acceptors (Lipinski definition) is 2. The summed E-state index contributed by atoms with van der Waals surface area (Å²) in [4.78, 5) is 5.46. The lowest BCUT2D eigenvalue weighted by molar-refractivity contribution is 0.986. The van der Waals surface area contributed by atoms with Gasteiger partial charge in [-0.2, -0.15) is 0 Å². The maximum absolute atomic E-state index is 5.46. The van der Waals surface area contributed by atoms with Crippen LogP contribution in [-0.2, 0) is 6.42 Å². The number of para-hydroxylation sites is 1. The Balaban J connectivity index is 1.18. The van der Waals surface area contributed by atoms with Crippen LogP contribution in [0.2, 0.25) is 0 Å². The molecule has 8 aromatic rings. The van der Waals surface area contributed by atoms with Gasteiger partial charge in [-0.15, -0.1) is 0 Å². The van der Waals surface area contributed by atoms with E-state index in [-0.39, 0.29) is 0 Å². The number of allylic oxidation sites excluding steroid dienone is 1. The van der Waals surface area contributed by atoms with E-state index >= 15 is 0 Å². The zero-order chi connectivity index (χ0) is 33.9. The summed E-state index contributed by atoms with van der Waals surface area (Å²) in [5.41, 5.74) is 15.6. The number of fused-ring (bicyclic) bond motifs is 6. The molecule has 7 aromatic carbocycles. The van der Waals surface area contributed by atoms with Gasteiger partial charge in [0.2, 0.25) is 0 Å². The van der Waals surface area contributed by atoms with E-state index in [0.717, 1.165) is 35.0 Å². The minimum atomic E-state index is 0.303. The first-order valence-corrected chi connectivity index (χ1v) is 18.0. The van der Waals surface area contributed by atoms with Crippen LogP contribution in [0.15, 0.2) is 152 Å². The number of rotatable bonds is 4. The third-order valence-electron chi connectivity index (χ3n) is 10.7. The van der Waals surface area contributed by atoms with Gasteiger partial charge in [0.05, 0.1) is 11.2 Å². The van der Waals surface area contributed by atoms with Gasteiger partial charge in [0, 0.05) is 33.6 Å². The number of aryl methyl sites for hydroxylation is 1. The Bertz CT molecular complexity index is 2730. The van der Waals surface area contributed by atoms with E-state index in [2.05, 4.69) is 176 Å². The van der Waals surface area contributed by atoms with Gasteiger partial charge in [0.25, 0.3) is 0 Å². The molecule has 1 atom stereocenters. The molecule has 2 nitrogen and oxygen atoms in total. The van der Waals surface area contributed by atoms with E-state index in [0.29, 0.717) is 6.04 Å². The van der Waals surface area contributed by atoms with Crippen LogP contribution in [0.3, 0.4) is 0 Å². The Morgan fingerprint density at radius 1 is 0.549 bits per heavy atom. The van der Waals surface area contributed by atoms with Gasteiger partial charge in [0.15, 0.2) is 0 Å². The summed E-state index contributed by atoms with van der Waals surface area (Å²) in [6.07, 6.45) is 11.2. The van der Waals surface area contributed by atoms with E-state index in [1.54, 1.807) is 0 Å². The van der Waals surface area contributed by atoms with Crippen LogP contribution in [0.1, 0.15) is 30.0 Å². The molecule has 242 valence electrons. The minimum absolute atomic E-state index is 0.303. The van der Waals surface area contributed by atoms with Gasteiger partial charge in [-0.25, -0.2) is 4.98 Å². The lowest BCUT2D eigenvalue weighted by Crippen LogP contribution is -2.16. The Morgan fingerprint density at radius 2 is 1.29 bits per heavy atom. The quantitative estimate of drug-likeness (QED) is 0.191. The van der Waals surface area contributed by atoms with E-state index in [9.17, 15) is 0 Å². The molecular weight excluding hydrogens is 617 g/mol. The zero-order valence-corrected chi connectivity index (χ0v) is 28.5. The lowest BCUT2D eigenvalue weighted by Gasteiger charge is -2.22. The maximum Gasteiger partial charge on any atom is 0.0794 e. The van der Waals surface area contributed by atoms with Crippen LogP contribution >= 0.6 is 0 Å². The molecule has 2 heteroatoms. The monoisotopic (exact) mass is 652 g/mol. The number of anilines is 1. The normalized spacial score (nSPS) is 14.8. The van der Waals surface area contributed by atoms with E-state index in [1.807, 2.05) is 0 Å². The van der Waals surface area contributed by atoms with Gasteiger partial charge >= 0.3 is 0 Å². The highest BCUT2D eigenvalue weighted by atomic mass is 14.9. The van der Waals surface area contributed by atoms with Crippen LogP contribution in [0.4, 0.5) is 5.69 Å². The predicted molar refractivity (Wildman–Crippen MR) is 218 cm³/mol. The van der Waals surface area contributed by atoms with E-state index < -0.39 is 0 Å². The number of nitrogens with one attached hydrogen (secondary N) is 1. The number of pyridine rings is 1. The van der Waals surface area contributed by atoms with Crippen molar-refractivity contribution < 1.29 is 0 Å². The number of benzene rings is 7. The Kier molecular flexibility index (Phi) is 6.95. The van der Waals surface area contributed by atoms with Crippen molar-refractivity contribution in [1.82, 2.24) is 4.98 Å². The van der Waals surface area contributed by atoms with E-state index in [1.165, 1.54) is 77.3 Å². The second-order valence-electron chi connectivity index (χ2n) is 14.0. The first-order chi connectivity index (χ1) is 25.2. The summed E-state index contributed by atoms with van der Waals surface area (Å²) in [7, 11) is 0. The SMILES string of the molecule is CC1C=Cc2cccc(-c3ccc(-c4cc5c(-c6ccc7c(c6)C=CCC7)cc(-c6ccc7ccccc7c6)nc5c5ccccc45)cc3)c2N1. The molecule has 0 fully saturated rings. The molecule has 1 aromatic heterocycles. The molecule has 0 spiro atoms. The highest BCUT2D eigenvalue weighted by Crippen LogP contribution is 2.42. The van der Waals surface area contributed by atoms with Crippen molar-refractivity contribution in [2.45, 2.75) is 25.8 Å². The van der Waals surface area contributed by atoms with Crippen molar-refractivity contribution in [3.05, 3.63) is 168 Å². The van der Waals surface area contributed by atoms with Gasteiger partial charge in [0.1, 0.15) is 0 Å². The number of hydrogen-bond donors (Lipinski definition) is 1. The molecule has 2 aliphatic rings. The van der Waals surface area contributed by atoms with Crippen LogP contribution < -0.4 is 5.32 Å². The average molecular weight is 653 g/mol. The lowest BCUT2D eigenvalue weighted by atomic mass is 9.88. The summed E-state index contributed by atoms with van der Waals surface area (Å²) in [5.74, 6) is 0. The molecule has 0 amide bonds. The molecule has 1 N–H and O–H groups in total. The molecule has 0 radical (unpaired) electrons. The Labute approximate surface area is 298 Å². The molecule has 51 heavy (non-hydrogen) atoms.